The summed E-state index contributed by atoms with van der Waals surface area (Å²) in [5.74, 6) is -0.259. The zero-order valence-corrected chi connectivity index (χ0v) is 14.3. The average Bonchev–Trinajstić information content (AvgIpc) is 2.55. The van der Waals surface area contributed by atoms with Crippen LogP contribution in [0, 0.1) is 0 Å². The minimum Gasteiger partial charge on any atom is -0.388 e. The van der Waals surface area contributed by atoms with Gasteiger partial charge in [-0.25, -0.2) is 0 Å². The molecule has 1 amide bonds. The third-order valence-electron chi connectivity index (χ3n) is 3.80. The second-order valence-electron chi connectivity index (χ2n) is 5.90. The summed E-state index contributed by atoms with van der Waals surface area (Å²) in [4.78, 5) is 12.0. The van der Waals surface area contributed by atoms with Gasteiger partial charge in [0.25, 0.3) is 0 Å². The highest BCUT2D eigenvalue weighted by Crippen LogP contribution is 2.20. The van der Waals surface area contributed by atoms with Crippen LogP contribution in [-0.4, -0.2) is 22.2 Å². The summed E-state index contributed by atoms with van der Waals surface area (Å²) in [6, 6.07) is 15.9. The maximum atomic E-state index is 12.0. The highest BCUT2D eigenvalue weighted by atomic mass is 35.5. The molecule has 0 radical (unpaired) electrons. The van der Waals surface area contributed by atoms with Gasteiger partial charge in [-0.15, -0.1) is 0 Å². The monoisotopic (exact) mass is 347 g/mol. The lowest BCUT2D eigenvalue weighted by molar-refractivity contribution is -0.123. The standard InChI is InChI=1S/C19H22ClNO3/c1-13(11-17(22)14-5-3-2-4-6-14)21-19(24)12-18(23)15-7-9-16(20)10-8-15/h2-10,13,17-18,22-23H,11-12H2,1H3,(H,21,24). The van der Waals surface area contributed by atoms with E-state index in [0.717, 1.165) is 5.56 Å². The molecule has 0 spiro atoms. The third-order valence-corrected chi connectivity index (χ3v) is 4.05. The van der Waals surface area contributed by atoms with E-state index in [1.54, 1.807) is 24.3 Å². The molecule has 3 atom stereocenters. The maximum absolute atomic E-state index is 12.0. The number of halogens is 1. The number of benzene rings is 2. The molecule has 2 aromatic carbocycles. The van der Waals surface area contributed by atoms with Crippen molar-refractivity contribution in [3.05, 3.63) is 70.7 Å². The Morgan fingerprint density at radius 3 is 2.21 bits per heavy atom. The van der Waals surface area contributed by atoms with Crippen LogP contribution in [0.3, 0.4) is 0 Å². The van der Waals surface area contributed by atoms with Crippen molar-refractivity contribution >= 4 is 17.5 Å². The Hall–Kier alpha value is -1.88. The summed E-state index contributed by atoms with van der Waals surface area (Å²) in [5.41, 5.74) is 1.46. The van der Waals surface area contributed by atoms with Crippen LogP contribution in [0.5, 0.6) is 0 Å². The van der Waals surface area contributed by atoms with Gasteiger partial charge in [-0.05, 0) is 36.6 Å². The molecule has 128 valence electrons. The number of carbonyl (C=O) groups is 1. The van der Waals surface area contributed by atoms with Crippen molar-refractivity contribution in [1.82, 2.24) is 5.32 Å². The van der Waals surface area contributed by atoms with E-state index in [-0.39, 0.29) is 18.4 Å². The van der Waals surface area contributed by atoms with Gasteiger partial charge in [-0.3, -0.25) is 4.79 Å². The highest BCUT2D eigenvalue weighted by Gasteiger charge is 2.17. The van der Waals surface area contributed by atoms with Gasteiger partial charge in [-0.2, -0.15) is 0 Å². The van der Waals surface area contributed by atoms with Crippen molar-refractivity contribution in [3.8, 4) is 0 Å². The summed E-state index contributed by atoms with van der Waals surface area (Å²) in [5, 5.41) is 23.7. The molecule has 0 bridgehead atoms. The molecule has 2 aromatic rings. The Morgan fingerprint density at radius 1 is 1.00 bits per heavy atom. The first-order chi connectivity index (χ1) is 11.5. The molecule has 0 heterocycles. The predicted octanol–water partition coefficient (Wildman–Crippen LogP) is 3.39. The van der Waals surface area contributed by atoms with Crippen LogP contribution in [0.2, 0.25) is 5.02 Å². The first-order valence-corrected chi connectivity index (χ1v) is 8.29. The van der Waals surface area contributed by atoms with Crippen molar-refractivity contribution in [3.63, 3.8) is 0 Å². The minimum atomic E-state index is -0.881. The van der Waals surface area contributed by atoms with Crippen molar-refractivity contribution < 1.29 is 15.0 Å². The quantitative estimate of drug-likeness (QED) is 0.719. The lowest BCUT2D eigenvalue weighted by atomic mass is 10.0. The number of aliphatic hydroxyl groups excluding tert-OH is 2. The van der Waals surface area contributed by atoms with Gasteiger partial charge in [0.1, 0.15) is 0 Å². The van der Waals surface area contributed by atoms with E-state index in [9.17, 15) is 15.0 Å². The molecular weight excluding hydrogens is 326 g/mol. The first-order valence-electron chi connectivity index (χ1n) is 7.91. The predicted molar refractivity (Wildman–Crippen MR) is 94.7 cm³/mol. The second-order valence-corrected chi connectivity index (χ2v) is 6.34. The number of hydrogen-bond donors (Lipinski definition) is 3. The Bertz CT molecular complexity index is 645. The van der Waals surface area contributed by atoms with Crippen LogP contribution in [0.4, 0.5) is 0 Å². The molecule has 3 N–H and O–H groups in total. The lowest BCUT2D eigenvalue weighted by Crippen LogP contribution is -2.34. The minimum absolute atomic E-state index is 0.0343. The van der Waals surface area contributed by atoms with Gasteiger partial charge in [0.05, 0.1) is 18.6 Å². The van der Waals surface area contributed by atoms with Crippen molar-refractivity contribution in [2.75, 3.05) is 0 Å². The fourth-order valence-corrected chi connectivity index (χ4v) is 2.64. The zero-order chi connectivity index (χ0) is 17.5. The molecule has 0 saturated carbocycles. The molecule has 24 heavy (non-hydrogen) atoms. The largest absolute Gasteiger partial charge is 0.388 e. The summed E-state index contributed by atoms with van der Waals surface area (Å²) in [6.07, 6.45) is -1.14. The molecular formula is C19H22ClNO3. The van der Waals surface area contributed by atoms with Crippen molar-refractivity contribution in [1.29, 1.82) is 0 Å². The number of aliphatic hydroxyl groups is 2. The molecule has 0 aliphatic rings. The molecule has 4 nitrogen and oxygen atoms in total. The van der Waals surface area contributed by atoms with Crippen LogP contribution in [0.25, 0.3) is 0 Å². The normalized spacial score (nSPS) is 14.7. The van der Waals surface area contributed by atoms with Gasteiger partial charge in [-0.1, -0.05) is 54.1 Å². The Balaban J connectivity index is 1.82. The fraction of sp³-hybridized carbons (Fsp3) is 0.316. The zero-order valence-electron chi connectivity index (χ0n) is 13.5. The molecule has 0 fully saturated rings. The summed E-state index contributed by atoms with van der Waals surface area (Å²) in [7, 11) is 0. The maximum Gasteiger partial charge on any atom is 0.223 e. The molecule has 0 aromatic heterocycles. The van der Waals surface area contributed by atoms with E-state index in [1.807, 2.05) is 37.3 Å². The van der Waals surface area contributed by atoms with Crippen LogP contribution in [0.1, 0.15) is 43.1 Å². The Morgan fingerprint density at radius 2 is 1.58 bits per heavy atom. The number of nitrogens with one attached hydrogen (secondary N) is 1. The summed E-state index contributed by atoms with van der Waals surface area (Å²) >= 11 is 5.81. The summed E-state index contributed by atoms with van der Waals surface area (Å²) in [6.45, 7) is 1.83. The molecule has 0 aliphatic carbocycles. The number of hydrogen-bond acceptors (Lipinski definition) is 3. The lowest BCUT2D eigenvalue weighted by Gasteiger charge is -2.19. The molecule has 0 aliphatic heterocycles. The van der Waals surface area contributed by atoms with Crippen LogP contribution < -0.4 is 5.32 Å². The fourth-order valence-electron chi connectivity index (χ4n) is 2.52. The first kappa shape index (κ1) is 18.5. The number of amides is 1. The topological polar surface area (TPSA) is 69.6 Å². The Labute approximate surface area is 147 Å². The van der Waals surface area contributed by atoms with Crippen molar-refractivity contribution in [2.24, 2.45) is 0 Å². The molecule has 5 heteroatoms. The number of carbonyl (C=O) groups excluding carboxylic acids is 1. The van der Waals surface area contributed by atoms with Gasteiger partial charge >= 0.3 is 0 Å². The van der Waals surface area contributed by atoms with Crippen LogP contribution in [-0.2, 0) is 4.79 Å². The third kappa shape index (κ3) is 5.64. The number of rotatable bonds is 7. The van der Waals surface area contributed by atoms with Gasteiger partial charge in [0.15, 0.2) is 0 Å². The Kier molecular flexibility index (Phi) is 6.79. The van der Waals surface area contributed by atoms with E-state index in [4.69, 9.17) is 11.6 Å². The van der Waals surface area contributed by atoms with E-state index in [2.05, 4.69) is 5.32 Å². The second kappa shape index (κ2) is 8.83. The van der Waals surface area contributed by atoms with E-state index in [1.165, 1.54) is 0 Å². The van der Waals surface area contributed by atoms with Gasteiger partial charge in [0, 0.05) is 11.1 Å². The van der Waals surface area contributed by atoms with Crippen LogP contribution in [0.15, 0.2) is 54.6 Å². The van der Waals surface area contributed by atoms with Crippen LogP contribution >= 0.6 is 11.6 Å². The molecule has 2 rings (SSSR count). The van der Waals surface area contributed by atoms with Gasteiger partial charge in [0.2, 0.25) is 5.91 Å². The van der Waals surface area contributed by atoms with E-state index < -0.39 is 12.2 Å². The molecule has 3 unspecified atom stereocenters. The SMILES string of the molecule is CC(CC(O)c1ccccc1)NC(=O)CC(O)c1ccc(Cl)cc1. The average molecular weight is 348 g/mol. The van der Waals surface area contributed by atoms with Crippen molar-refractivity contribution in [2.45, 2.75) is 38.0 Å². The van der Waals surface area contributed by atoms with E-state index >= 15 is 0 Å². The van der Waals surface area contributed by atoms with E-state index in [0.29, 0.717) is 17.0 Å². The summed E-state index contributed by atoms with van der Waals surface area (Å²) < 4.78 is 0. The molecule has 0 saturated heterocycles. The highest BCUT2D eigenvalue weighted by molar-refractivity contribution is 6.30. The smallest absolute Gasteiger partial charge is 0.223 e. The van der Waals surface area contributed by atoms with Gasteiger partial charge < -0.3 is 15.5 Å².